The number of ether oxygens (including phenoxy) is 1. The van der Waals surface area contributed by atoms with Crippen LogP contribution in [-0.4, -0.2) is 67.4 Å². The molecule has 17 heavy (non-hydrogen) atoms. The van der Waals surface area contributed by atoms with Crippen LogP contribution in [0.1, 0.15) is 6.92 Å². The van der Waals surface area contributed by atoms with Gasteiger partial charge in [0.25, 0.3) is 0 Å². The van der Waals surface area contributed by atoms with E-state index in [0.717, 1.165) is 0 Å². The van der Waals surface area contributed by atoms with Crippen LogP contribution in [0.5, 0.6) is 0 Å². The van der Waals surface area contributed by atoms with Crippen LogP contribution < -0.4 is 0 Å². The number of aliphatic hydroxyl groups excluding tert-OH is 1. The summed E-state index contributed by atoms with van der Waals surface area (Å²) in [5.41, 5.74) is -0.229. The van der Waals surface area contributed by atoms with Gasteiger partial charge in [-0.3, -0.25) is 4.84 Å². The standard InChI is InChI=1S/C10H19N4O3/c1-6-16-9(15)8(7-11)12-17-10(13(2)3)14(4)5/h9,15H,6H2,1-5H3/q+1/b12-8+. The molecule has 0 radical (unpaired) electrons. The molecule has 1 atom stereocenters. The van der Waals surface area contributed by atoms with Gasteiger partial charge in [0.05, 0.1) is 28.2 Å². The average Bonchev–Trinajstić information content (AvgIpc) is 2.23. The van der Waals surface area contributed by atoms with E-state index in [1.165, 1.54) is 0 Å². The van der Waals surface area contributed by atoms with Gasteiger partial charge in [-0.25, -0.2) is 9.48 Å². The Hall–Kier alpha value is -1.65. The van der Waals surface area contributed by atoms with Crippen LogP contribution in [0.2, 0.25) is 0 Å². The van der Waals surface area contributed by atoms with Crippen LogP contribution in [-0.2, 0) is 9.57 Å². The lowest BCUT2D eigenvalue weighted by atomic mass is 10.4. The summed E-state index contributed by atoms with van der Waals surface area (Å²) < 4.78 is 6.52. The van der Waals surface area contributed by atoms with Crippen LogP contribution in [0.25, 0.3) is 0 Å². The van der Waals surface area contributed by atoms with Gasteiger partial charge in [-0.05, 0) is 6.92 Å². The van der Waals surface area contributed by atoms with Crippen molar-refractivity contribution in [1.29, 1.82) is 5.26 Å². The Labute approximate surface area is 101 Å². The van der Waals surface area contributed by atoms with Crippen LogP contribution >= 0.6 is 0 Å². The third-order valence-electron chi connectivity index (χ3n) is 1.66. The molecule has 0 aromatic heterocycles. The molecule has 0 aromatic rings. The molecule has 7 heteroatoms. The van der Waals surface area contributed by atoms with Crippen molar-refractivity contribution < 1.29 is 19.3 Å². The molecule has 0 rings (SSSR count). The summed E-state index contributed by atoms with van der Waals surface area (Å²) in [4.78, 5) is 6.77. The molecular weight excluding hydrogens is 224 g/mol. The minimum Gasteiger partial charge on any atom is -0.362 e. The summed E-state index contributed by atoms with van der Waals surface area (Å²) in [6, 6.07) is 2.15. The quantitative estimate of drug-likeness (QED) is 0.235. The zero-order chi connectivity index (χ0) is 13.4. The van der Waals surface area contributed by atoms with E-state index in [1.807, 2.05) is 0 Å². The third-order valence-corrected chi connectivity index (χ3v) is 1.66. The SMILES string of the molecule is CCOC(O)/C(C#N)=N/OC(N(C)C)=[N+](C)C. The summed E-state index contributed by atoms with van der Waals surface area (Å²) in [5, 5.41) is 21.7. The average molecular weight is 243 g/mol. The molecule has 1 unspecified atom stereocenters. The molecule has 1 N–H and O–H groups in total. The van der Waals surface area contributed by atoms with E-state index in [4.69, 9.17) is 14.8 Å². The van der Waals surface area contributed by atoms with E-state index in [1.54, 1.807) is 50.7 Å². The number of amidine groups is 1. The molecule has 0 aliphatic heterocycles. The predicted molar refractivity (Wildman–Crippen MR) is 62.6 cm³/mol. The second-order valence-corrected chi connectivity index (χ2v) is 3.56. The van der Waals surface area contributed by atoms with Crippen molar-refractivity contribution in [2.24, 2.45) is 5.16 Å². The Morgan fingerprint density at radius 1 is 1.53 bits per heavy atom. The number of nitrogens with zero attached hydrogens (tertiary/aromatic N) is 4. The van der Waals surface area contributed by atoms with Gasteiger partial charge < -0.3 is 9.84 Å². The van der Waals surface area contributed by atoms with Crippen molar-refractivity contribution in [2.45, 2.75) is 13.2 Å². The monoisotopic (exact) mass is 243 g/mol. The van der Waals surface area contributed by atoms with Crippen molar-refractivity contribution in [3.05, 3.63) is 0 Å². The Morgan fingerprint density at radius 2 is 2.12 bits per heavy atom. The number of rotatable bonds is 4. The fraction of sp³-hybridized carbons (Fsp3) is 0.700. The molecule has 96 valence electrons. The topological polar surface area (TPSA) is 81.1 Å². The van der Waals surface area contributed by atoms with Crippen molar-refractivity contribution in [2.75, 3.05) is 34.8 Å². The lowest BCUT2D eigenvalue weighted by Crippen LogP contribution is -2.32. The summed E-state index contributed by atoms with van der Waals surface area (Å²) >= 11 is 0. The molecule has 0 amide bonds. The number of hydrogen-bond acceptors (Lipinski definition) is 5. The Kier molecular flexibility index (Phi) is 6.86. The van der Waals surface area contributed by atoms with Crippen molar-refractivity contribution >= 4 is 11.7 Å². The zero-order valence-corrected chi connectivity index (χ0v) is 10.8. The van der Waals surface area contributed by atoms with Gasteiger partial charge >= 0.3 is 6.02 Å². The largest absolute Gasteiger partial charge is 0.471 e. The summed E-state index contributed by atoms with van der Waals surface area (Å²) in [5.74, 6) is 0. The number of aliphatic hydroxyl groups is 1. The van der Waals surface area contributed by atoms with Gasteiger partial charge in [0.1, 0.15) is 6.07 Å². The van der Waals surface area contributed by atoms with Crippen molar-refractivity contribution in [3.8, 4) is 6.07 Å². The summed E-state index contributed by atoms with van der Waals surface area (Å²) in [6.45, 7) is 1.98. The number of oxime groups is 1. The maximum atomic E-state index is 9.41. The number of hydrogen-bond donors (Lipinski definition) is 1. The van der Waals surface area contributed by atoms with E-state index in [-0.39, 0.29) is 12.3 Å². The highest BCUT2D eigenvalue weighted by Gasteiger charge is 2.17. The minimum absolute atomic E-state index is 0.229. The number of nitriles is 1. The smallest absolute Gasteiger partial charge is 0.362 e. The Bertz CT molecular complexity index is 340. The van der Waals surface area contributed by atoms with E-state index in [0.29, 0.717) is 6.02 Å². The van der Waals surface area contributed by atoms with Crippen molar-refractivity contribution in [3.63, 3.8) is 0 Å². The molecule has 0 saturated carbocycles. The molecular formula is C10H19N4O3+. The first-order valence-electron chi connectivity index (χ1n) is 5.10. The van der Waals surface area contributed by atoms with E-state index in [9.17, 15) is 5.11 Å². The highest BCUT2D eigenvalue weighted by molar-refractivity contribution is 6.00. The fourth-order valence-electron chi connectivity index (χ4n) is 1.01. The molecule has 7 nitrogen and oxygen atoms in total. The zero-order valence-electron chi connectivity index (χ0n) is 10.8. The lowest BCUT2D eigenvalue weighted by molar-refractivity contribution is -0.480. The molecule has 0 saturated heterocycles. The van der Waals surface area contributed by atoms with Crippen molar-refractivity contribution in [1.82, 2.24) is 4.90 Å². The Balaban J connectivity index is 4.79. The van der Waals surface area contributed by atoms with Gasteiger partial charge in [0.15, 0.2) is 0 Å². The van der Waals surface area contributed by atoms with Gasteiger partial charge in [0, 0.05) is 6.61 Å². The first-order valence-corrected chi connectivity index (χ1v) is 5.10. The third kappa shape index (κ3) is 5.29. The molecule has 0 fully saturated rings. The van der Waals surface area contributed by atoms with Gasteiger partial charge in [-0.2, -0.15) is 5.26 Å². The molecule has 0 bridgehead atoms. The predicted octanol–water partition coefficient (Wildman–Crippen LogP) is -0.573. The van der Waals surface area contributed by atoms with Crippen LogP contribution in [0, 0.1) is 11.3 Å². The lowest BCUT2D eigenvalue weighted by Gasteiger charge is -2.09. The molecule has 0 aliphatic rings. The van der Waals surface area contributed by atoms with E-state index < -0.39 is 6.29 Å². The summed E-state index contributed by atoms with van der Waals surface area (Å²) in [6.07, 6.45) is -1.37. The van der Waals surface area contributed by atoms with Gasteiger partial charge in [-0.1, -0.05) is 5.16 Å². The first kappa shape index (κ1) is 15.3. The maximum absolute atomic E-state index is 9.41. The molecule has 0 aliphatic carbocycles. The highest BCUT2D eigenvalue weighted by Crippen LogP contribution is 1.95. The minimum atomic E-state index is -1.37. The highest BCUT2D eigenvalue weighted by atomic mass is 16.7. The molecule has 0 aromatic carbocycles. The molecule has 0 spiro atoms. The second-order valence-electron chi connectivity index (χ2n) is 3.56. The normalized spacial score (nSPS) is 12.6. The second kappa shape index (κ2) is 7.60. The van der Waals surface area contributed by atoms with Gasteiger partial charge in [-0.15, -0.1) is 0 Å². The Morgan fingerprint density at radius 3 is 2.47 bits per heavy atom. The van der Waals surface area contributed by atoms with E-state index >= 15 is 0 Å². The first-order chi connectivity index (χ1) is 7.93. The fourth-order valence-corrected chi connectivity index (χ4v) is 1.01. The van der Waals surface area contributed by atoms with Crippen LogP contribution in [0.4, 0.5) is 0 Å². The van der Waals surface area contributed by atoms with Gasteiger partial charge in [0.2, 0.25) is 12.0 Å². The summed E-state index contributed by atoms with van der Waals surface area (Å²) in [7, 11) is 7.09. The maximum Gasteiger partial charge on any atom is 0.471 e. The van der Waals surface area contributed by atoms with E-state index in [2.05, 4.69) is 5.16 Å². The van der Waals surface area contributed by atoms with Crippen LogP contribution in [0.3, 0.4) is 0 Å². The molecule has 0 heterocycles. The van der Waals surface area contributed by atoms with Crippen LogP contribution in [0.15, 0.2) is 5.16 Å².